The fourth-order valence-corrected chi connectivity index (χ4v) is 1.50. The number of halogens is 1. The molecule has 0 aliphatic heterocycles. The minimum absolute atomic E-state index is 0.469. The molecule has 78 valence electrons. The normalized spacial score (nSPS) is 12.7. The molecule has 0 spiro atoms. The molecule has 3 nitrogen and oxygen atoms in total. The number of nitrogens with one attached hydrogen (secondary N) is 1. The highest BCUT2D eigenvalue weighted by Crippen LogP contribution is 2.00. The molecule has 1 heterocycles. The van der Waals surface area contributed by atoms with E-state index in [4.69, 9.17) is 11.6 Å². The van der Waals surface area contributed by atoms with Crippen LogP contribution in [0.2, 0.25) is 0 Å². The first-order chi connectivity index (χ1) is 6.86. The number of rotatable bonds is 6. The van der Waals surface area contributed by atoms with Crippen LogP contribution in [-0.4, -0.2) is 21.9 Å². The topological polar surface area (TPSA) is 37.8 Å². The molecule has 1 rings (SSSR count). The molecule has 1 N–H and O–H groups in total. The van der Waals surface area contributed by atoms with Gasteiger partial charge in [0.15, 0.2) is 0 Å². The molecule has 0 saturated heterocycles. The van der Waals surface area contributed by atoms with E-state index >= 15 is 0 Å². The summed E-state index contributed by atoms with van der Waals surface area (Å²) >= 11 is 5.69. The van der Waals surface area contributed by atoms with Gasteiger partial charge >= 0.3 is 0 Å². The molecule has 0 bridgehead atoms. The average molecular weight is 214 g/mol. The van der Waals surface area contributed by atoms with Crippen LogP contribution in [0, 0.1) is 0 Å². The molecule has 1 aromatic heterocycles. The van der Waals surface area contributed by atoms with E-state index in [2.05, 4.69) is 22.2 Å². The van der Waals surface area contributed by atoms with Gasteiger partial charge in [-0.15, -0.1) is 11.6 Å². The first-order valence-electron chi connectivity index (χ1n) is 4.92. The first kappa shape index (κ1) is 11.4. The lowest BCUT2D eigenvalue weighted by atomic mass is 10.2. The zero-order chi connectivity index (χ0) is 10.2. The van der Waals surface area contributed by atoms with Crippen molar-refractivity contribution in [1.82, 2.24) is 15.3 Å². The van der Waals surface area contributed by atoms with Crippen LogP contribution in [0.5, 0.6) is 0 Å². The Labute approximate surface area is 89.9 Å². The van der Waals surface area contributed by atoms with E-state index in [1.54, 1.807) is 12.4 Å². The van der Waals surface area contributed by atoms with E-state index in [1.807, 2.05) is 6.07 Å². The summed E-state index contributed by atoms with van der Waals surface area (Å²) in [6.07, 6.45) is 5.59. The van der Waals surface area contributed by atoms with Gasteiger partial charge in [-0.2, -0.15) is 0 Å². The second kappa shape index (κ2) is 6.74. The van der Waals surface area contributed by atoms with E-state index in [0.29, 0.717) is 11.9 Å². The van der Waals surface area contributed by atoms with Crippen molar-refractivity contribution in [3.63, 3.8) is 0 Å². The molecule has 1 aromatic rings. The van der Waals surface area contributed by atoms with Gasteiger partial charge in [0.2, 0.25) is 0 Å². The summed E-state index contributed by atoms with van der Waals surface area (Å²) in [6.45, 7) is 2.87. The maximum absolute atomic E-state index is 5.69. The van der Waals surface area contributed by atoms with Crippen LogP contribution in [0.25, 0.3) is 0 Å². The summed E-state index contributed by atoms with van der Waals surface area (Å²) < 4.78 is 0. The number of hydrogen-bond donors (Lipinski definition) is 1. The highest BCUT2D eigenvalue weighted by molar-refractivity contribution is 6.17. The zero-order valence-electron chi connectivity index (χ0n) is 8.41. The first-order valence-corrected chi connectivity index (χ1v) is 5.45. The molecule has 0 aliphatic rings. The van der Waals surface area contributed by atoms with E-state index in [-0.39, 0.29) is 0 Å². The largest absolute Gasteiger partial charge is 0.307 e. The molecule has 1 unspecified atom stereocenters. The van der Waals surface area contributed by atoms with Gasteiger partial charge in [-0.3, -0.25) is 0 Å². The molecule has 0 fully saturated rings. The standard InChI is InChI=1S/C10H16ClN3/c1-2-9(4-5-11)14-8-10-12-6-3-7-13-10/h3,6-7,9,14H,2,4-5,8H2,1H3. The quantitative estimate of drug-likeness (QED) is 0.735. The Bertz CT molecular complexity index is 240. The number of hydrogen-bond acceptors (Lipinski definition) is 3. The van der Waals surface area contributed by atoms with Gasteiger partial charge in [0, 0.05) is 24.3 Å². The van der Waals surface area contributed by atoms with E-state index in [1.165, 1.54) is 0 Å². The lowest BCUT2D eigenvalue weighted by Gasteiger charge is -2.14. The number of aromatic nitrogens is 2. The Morgan fingerprint density at radius 3 is 2.71 bits per heavy atom. The highest BCUT2D eigenvalue weighted by Gasteiger charge is 2.04. The van der Waals surface area contributed by atoms with Gasteiger partial charge in [0.05, 0.1) is 6.54 Å². The Hall–Kier alpha value is -0.670. The van der Waals surface area contributed by atoms with Crippen molar-refractivity contribution >= 4 is 11.6 Å². The minimum Gasteiger partial charge on any atom is -0.307 e. The maximum atomic E-state index is 5.69. The third-order valence-electron chi connectivity index (χ3n) is 2.12. The Morgan fingerprint density at radius 1 is 1.43 bits per heavy atom. The predicted octanol–water partition coefficient (Wildman–Crippen LogP) is 1.97. The SMILES string of the molecule is CCC(CCCl)NCc1ncccn1. The van der Waals surface area contributed by atoms with Crippen LogP contribution >= 0.6 is 11.6 Å². The summed E-state index contributed by atoms with van der Waals surface area (Å²) in [6, 6.07) is 2.29. The van der Waals surface area contributed by atoms with Gasteiger partial charge < -0.3 is 5.32 Å². The second-order valence-corrected chi connectivity index (χ2v) is 3.51. The summed E-state index contributed by atoms with van der Waals surface area (Å²) in [5.41, 5.74) is 0. The number of nitrogens with zero attached hydrogens (tertiary/aromatic N) is 2. The van der Waals surface area contributed by atoms with Crippen LogP contribution in [0.3, 0.4) is 0 Å². The fourth-order valence-electron chi connectivity index (χ4n) is 1.24. The predicted molar refractivity (Wildman–Crippen MR) is 58.3 cm³/mol. The fraction of sp³-hybridized carbons (Fsp3) is 0.600. The van der Waals surface area contributed by atoms with Gasteiger partial charge in [0.1, 0.15) is 5.82 Å². The summed E-state index contributed by atoms with van der Waals surface area (Å²) in [5, 5.41) is 3.38. The summed E-state index contributed by atoms with van der Waals surface area (Å²) in [4.78, 5) is 8.28. The van der Waals surface area contributed by atoms with Crippen molar-refractivity contribution < 1.29 is 0 Å². The minimum atomic E-state index is 0.469. The summed E-state index contributed by atoms with van der Waals surface area (Å²) in [5.74, 6) is 1.53. The van der Waals surface area contributed by atoms with Crippen molar-refractivity contribution in [3.8, 4) is 0 Å². The maximum Gasteiger partial charge on any atom is 0.141 e. The molecule has 0 saturated carbocycles. The van der Waals surface area contributed by atoms with Gasteiger partial charge in [-0.25, -0.2) is 9.97 Å². The average Bonchev–Trinajstić information content (AvgIpc) is 2.25. The van der Waals surface area contributed by atoms with Crippen molar-refractivity contribution in [1.29, 1.82) is 0 Å². The molecule has 1 atom stereocenters. The van der Waals surface area contributed by atoms with Crippen LogP contribution < -0.4 is 5.32 Å². The highest BCUT2D eigenvalue weighted by atomic mass is 35.5. The molecule has 0 radical (unpaired) electrons. The zero-order valence-corrected chi connectivity index (χ0v) is 9.17. The number of alkyl halides is 1. The Morgan fingerprint density at radius 2 is 2.14 bits per heavy atom. The molecular weight excluding hydrogens is 198 g/mol. The Balaban J connectivity index is 2.32. The Kier molecular flexibility index (Phi) is 5.49. The lowest BCUT2D eigenvalue weighted by Crippen LogP contribution is -2.29. The lowest BCUT2D eigenvalue weighted by molar-refractivity contribution is 0.478. The molecule has 0 aromatic carbocycles. The van der Waals surface area contributed by atoms with Gasteiger partial charge in [0.25, 0.3) is 0 Å². The van der Waals surface area contributed by atoms with E-state index in [9.17, 15) is 0 Å². The van der Waals surface area contributed by atoms with Gasteiger partial charge in [-0.05, 0) is 18.9 Å². The van der Waals surface area contributed by atoms with Crippen molar-refractivity contribution in [2.75, 3.05) is 5.88 Å². The molecule has 14 heavy (non-hydrogen) atoms. The molecule has 0 aliphatic carbocycles. The van der Waals surface area contributed by atoms with Crippen LogP contribution in [0.15, 0.2) is 18.5 Å². The molecular formula is C10H16ClN3. The van der Waals surface area contributed by atoms with Crippen molar-refractivity contribution in [3.05, 3.63) is 24.3 Å². The third kappa shape index (κ3) is 4.03. The van der Waals surface area contributed by atoms with Gasteiger partial charge in [-0.1, -0.05) is 6.92 Å². The van der Waals surface area contributed by atoms with E-state index < -0.39 is 0 Å². The van der Waals surface area contributed by atoms with Crippen molar-refractivity contribution in [2.45, 2.75) is 32.4 Å². The molecule has 4 heteroatoms. The van der Waals surface area contributed by atoms with Crippen LogP contribution in [-0.2, 0) is 6.54 Å². The second-order valence-electron chi connectivity index (χ2n) is 3.13. The monoisotopic (exact) mass is 213 g/mol. The van der Waals surface area contributed by atoms with Crippen molar-refractivity contribution in [2.24, 2.45) is 0 Å². The van der Waals surface area contributed by atoms with E-state index in [0.717, 1.165) is 25.2 Å². The summed E-state index contributed by atoms with van der Waals surface area (Å²) in [7, 11) is 0. The smallest absolute Gasteiger partial charge is 0.141 e. The molecule has 0 amide bonds. The van der Waals surface area contributed by atoms with Crippen LogP contribution in [0.4, 0.5) is 0 Å². The third-order valence-corrected chi connectivity index (χ3v) is 2.34. The van der Waals surface area contributed by atoms with Crippen LogP contribution in [0.1, 0.15) is 25.6 Å².